The Morgan fingerprint density at radius 1 is 1.24 bits per heavy atom. The van der Waals surface area contributed by atoms with Crippen LogP contribution in [0, 0.1) is 0 Å². The molecule has 0 bridgehead atoms. The van der Waals surface area contributed by atoms with Gasteiger partial charge >= 0.3 is 0 Å². The second-order valence-electron chi connectivity index (χ2n) is 4.10. The van der Waals surface area contributed by atoms with Crippen molar-refractivity contribution in [1.29, 1.82) is 0 Å². The fourth-order valence-corrected chi connectivity index (χ4v) is 1.77. The van der Waals surface area contributed by atoms with E-state index < -0.39 is 0 Å². The van der Waals surface area contributed by atoms with Crippen LogP contribution in [0.1, 0.15) is 31.9 Å². The lowest BCUT2D eigenvalue weighted by atomic mass is 9.99. The van der Waals surface area contributed by atoms with Crippen LogP contribution in [-0.4, -0.2) is 0 Å². The molecule has 0 fully saturated rings. The van der Waals surface area contributed by atoms with Gasteiger partial charge in [0.05, 0.1) is 5.76 Å². The van der Waals surface area contributed by atoms with Crippen molar-refractivity contribution in [3.8, 4) is 0 Å². The minimum absolute atomic E-state index is 0.690. The van der Waals surface area contributed by atoms with E-state index in [1.165, 1.54) is 11.1 Å². The van der Waals surface area contributed by atoms with E-state index in [9.17, 15) is 0 Å². The lowest BCUT2D eigenvalue weighted by Gasteiger charge is -2.09. The Balaban J connectivity index is 2.93. The third kappa shape index (κ3) is 3.95. The molecule has 0 aromatic heterocycles. The van der Waals surface area contributed by atoms with Crippen molar-refractivity contribution in [2.24, 2.45) is 0 Å². The minimum Gasteiger partial charge on any atom is -0.467 e. The molecule has 0 aliphatic carbocycles. The molecule has 90 valence electrons. The van der Waals surface area contributed by atoms with Crippen LogP contribution in [0.15, 0.2) is 55.0 Å². The van der Waals surface area contributed by atoms with Crippen LogP contribution in [0.2, 0.25) is 0 Å². The topological polar surface area (TPSA) is 9.23 Å². The Bertz CT molecular complexity index is 452. The van der Waals surface area contributed by atoms with E-state index in [0.29, 0.717) is 5.76 Å². The van der Waals surface area contributed by atoms with Gasteiger partial charge < -0.3 is 4.74 Å². The first-order valence-electron chi connectivity index (χ1n) is 5.83. The summed E-state index contributed by atoms with van der Waals surface area (Å²) in [4.78, 5) is 0. The van der Waals surface area contributed by atoms with Crippen molar-refractivity contribution in [3.05, 3.63) is 66.1 Å². The van der Waals surface area contributed by atoms with Crippen molar-refractivity contribution in [2.45, 2.75) is 27.2 Å². The Kier molecular flexibility index (Phi) is 4.77. The predicted molar refractivity (Wildman–Crippen MR) is 74.5 cm³/mol. The Labute approximate surface area is 104 Å². The first kappa shape index (κ1) is 13.3. The van der Waals surface area contributed by atoms with Crippen LogP contribution >= 0.6 is 0 Å². The molecule has 1 nitrogen and oxygen atoms in total. The highest BCUT2D eigenvalue weighted by Crippen LogP contribution is 2.21. The minimum atomic E-state index is 0.690. The number of hydrogen-bond donors (Lipinski definition) is 0. The highest BCUT2D eigenvalue weighted by Gasteiger charge is 2.02. The van der Waals surface area contributed by atoms with Crippen molar-refractivity contribution in [1.82, 2.24) is 0 Å². The maximum absolute atomic E-state index is 5.42. The van der Waals surface area contributed by atoms with Crippen LogP contribution in [0.3, 0.4) is 0 Å². The number of allylic oxidation sites excluding steroid dienone is 4. The second-order valence-corrected chi connectivity index (χ2v) is 4.10. The molecule has 1 aromatic rings. The van der Waals surface area contributed by atoms with Gasteiger partial charge in [0.15, 0.2) is 0 Å². The number of rotatable bonds is 5. The van der Waals surface area contributed by atoms with E-state index in [4.69, 9.17) is 4.74 Å². The van der Waals surface area contributed by atoms with Crippen molar-refractivity contribution >= 4 is 5.57 Å². The third-order valence-electron chi connectivity index (χ3n) is 2.46. The first-order chi connectivity index (χ1) is 8.04. The lowest BCUT2D eigenvalue weighted by Crippen LogP contribution is -1.91. The fourth-order valence-electron chi connectivity index (χ4n) is 1.77. The lowest BCUT2D eigenvalue weighted by molar-refractivity contribution is 0.311. The van der Waals surface area contributed by atoms with E-state index in [-0.39, 0.29) is 0 Å². The summed E-state index contributed by atoms with van der Waals surface area (Å²) in [6.45, 7) is 13.7. The largest absolute Gasteiger partial charge is 0.467 e. The SMILES string of the molecule is C=C(C)O/C(C)=C/C(=C)c1ccccc1CC. The first-order valence-corrected chi connectivity index (χ1v) is 5.83. The fraction of sp³-hybridized carbons (Fsp3) is 0.250. The van der Waals surface area contributed by atoms with Gasteiger partial charge in [-0.25, -0.2) is 0 Å². The number of hydrogen-bond acceptors (Lipinski definition) is 1. The van der Waals surface area contributed by atoms with E-state index in [0.717, 1.165) is 17.8 Å². The van der Waals surface area contributed by atoms with Crippen LogP contribution in [-0.2, 0) is 11.2 Å². The van der Waals surface area contributed by atoms with E-state index in [2.05, 4.69) is 38.3 Å². The van der Waals surface area contributed by atoms with Crippen molar-refractivity contribution in [2.75, 3.05) is 0 Å². The Hall–Kier alpha value is -1.76. The smallest absolute Gasteiger partial charge is 0.101 e. The molecule has 0 aliphatic heterocycles. The summed E-state index contributed by atoms with van der Waals surface area (Å²) in [5.74, 6) is 1.50. The molecule has 0 spiro atoms. The summed E-state index contributed by atoms with van der Waals surface area (Å²) in [5.41, 5.74) is 3.46. The van der Waals surface area contributed by atoms with E-state index >= 15 is 0 Å². The normalized spacial score (nSPS) is 11.1. The summed E-state index contributed by atoms with van der Waals surface area (Å²) in [6.07, 6.45) is 2.95. The maximum atomic E-state index is 5.42. The molecule has 0 N–H and O–H groups in total. The highest BCUT2D eigenvalue weighted by molar-refractivity contribution is 5.74. The molecule has 1 aromatic carbocycles. The average Bonchev–Trinajstić information content (AvgIpc) is 2.27. The molecule has 0 aliphatic rings. The quantitative estimate of drug-likeness (QED) is 0.523. The van der Waals surface area contributed by atoms with Crippen molar-refractivity contribution in [3.63, 3.8) is 0 Å². The molecular formula is C16H20O. The maximum Gasteiger partial charge on any atom is 0.101 e. The monoisotopic (exact) mass is 228 g/mol. The van der Waals surface area contributed by atoms with Crippen LogP contribution in [0.4, 0.5) is 0 Å². The van der Waals surface area contributed by atoms with Crippen LogP contribution < -0.4 is 0 Å². The van der Waals surface area contributed by atoms with Gasteiger partial charge in [-0.3, -0.25) is 0 Å². The van der Waals surface area contributed by atoms with Gasteiger partial charge in [0.2, 0.25) is 0 Å². The molecule has 0 saturated carbocycles. The molecule has 0 radical (unpaired) electrons. The van der Waals surface area contributed by atoms with Gasteiger partial charge in [-0.2, -0.15) is 0 Å². The second kappa shape index (κ2) is 6.09. The van der Waals surface area contributed by atoms with E-state index in [1.807, 2.05) is 26.0 Å². The van der Waals surface area contributed by atoms with E-state index in [1.54, 1.807) is 0 Å². The number of benzene rings is 1. The summed E-state index contributed by atoms with van der Waals surface area (Å²) >= 11 is 0. The van der Waals surface area contributed by atoms with Gasteiger partial charge in [0, 0.05) is 0 Å². The third-order valence-corrected chi connectivity index (χ3v) is 2.46. The van der Waals surface area contributed by atoms with Crippen LogP contribution in [0.5, 0.6) is 0 Å². The summed E-state index contributed by atoms with van der Waals surface area (Å²) < 4.78 is 5.42. The molecule has 0 saturated heterocycles. The average molecular weight is 228 g/mol. The standard InChI is InChI=1S/C16H20O/c1-6-15-9-7-8-10-16(15)13(4)11-14(5)17-12(2)3/h7-11H,2,4,6H2,1,3,5H3/b14-11+. The highest BCUT2D eigenvalue weighted by atomic mass is 16.5. The molecule has 0 unspecified atom stereocenters. The number of ether oxygens (including phenoxy) is 1. The summed E-state index contributed by atoms with van der Waals surface area (Å²) in [5, 5.41) is 0. The molecule has 17 heavy (non-hydrogen) atoms. The van der Waals surface area contributed by atoms with Crippen molar-refractivity contribution < 1.29 is 4.74 Å². The predicted octanol–water partition coefficient (Wildman–Crippen LogP) is 4.72. The molecule has 0 heterocycles. The van der Waals surface area contributed by atoms with Gasteiger partial charge in [0.25, 0.3) is 0 Å². The molecule has 0 amide bonds. The molecule has 1 heteroatoms. The summed E-state index contributed by atoms with van der Waals surface area (Å²) in [7, 11) is 0. The molecular weight excluding hydrogens is 208 g/mol. The zero-order valence-electron chi connectivity index (χ0n) is 10.9. The Morgan fingerprint density at radius 2 is 1.88 bits per heavy atom. The summed E-state index contributed by atoms with van der Waals surface area (Å²) in [6, 6.07) is 8.30. The van der Waals surface area contributed by atoms with Gasteiger partial charge in [-0.1, -0.05) is 44.3 Å². The van der Waals surface area contributed by atoms with Gasteiger partial charge in [0.1, 0.15) is 5.76 Å². The Morgan fingerprint density at radius 3 is 2.47 bits per heavy atom. The van der Waals surface area contributed by atoms with Crippen LogP contribution in [0.25, 0.3) is 5.57 Å². The zero-order valence-corrected chi connectivity index (χ0v) is 10.9. The molecule has 0 atom stereocenters. The van der Waals surface area contributed by atoms with Gasteiger partial charge in [-0.05, 0) is 43.0 Å². The zero-order chi connectivity index (χ0) is 12.8. The number of aryl methyl sites for hydroxylation is 1. The van der Waals surface area contributed by atoms with Gasteiger partial charge in [-0.15, -0.1) is 0 Å². The molecule has 1 rings (SSSR count).